The number of allylic oxidation sites excluding steroid dienone is 6. The molecule has 7 rings (SSSR count). The van der Waals surface area contributed by atoms with E-state index < -0.39 is 0 Å². The van der Waals surface area contributed by atoms with Crippen molar-refractivity contribution in [3.63, 3.8) is 0 Å². The van der Waals surface area contributed by atoms with Crippen LogP contribution in [0.3, 0.4) is 0 Å². The van der Waals surface area contributed by atoms with E-state index in [0.29, 0.717) is 29.6 Å². The van der Waals surface area contributed by atoms with E-state index in [0.717, 1.165) is 29.4 Å². The van der Waals surface area contributed by atoms with Gasteiger partial charge in [-0.1, -0.05) is 23.8 Å². The summed E-state index contributed by atoms with van der Waals surface area (Å²) in [5.41, 5.74) is 36.8. The number of hydrogen-bond acceptors (Lipinski definition) is 4. The minimum absolute atomic E-state index is 0.146. The highest BCUT2D eigenvalue weighted by Crippen LogP contribution is 2.67. The molecule has 27 heavy (non-hydrogen) atoms. The summed E-state index contributed by atoms with van der Waals surface area (Å²) in [5, 5.41) is 0. The lowest BCUT2D eigenvalue weighted by atomic mass is 9.62. The molecule has 0 aliphatic heterocycles. The number of nitrogens with two attached hydrogens (primary N) is 4. The summed E-state index contributed by atoms with van der Waals surface area (Å²) in [5.74, 6) is 2.86. The van der Waals surface area contributed by atoms with Gasteiger partial charge in [-0.25, -0.2) is 0 Å². The zero-order valence-corrected chi connectivity index (χ0v) is 15.4. The van der Waals surface area contributed by atoms with Crippen molar-refractivity contribution in [3.05, 3.63) is 69.3 Å². The average molecular weight is 358 g/mol. The lowest BCUT2D eigenvalue weighted by Crippen LogP contribution is -2.42. The van der Waals surface area contributed by atoms with Gasteiger partial charge in [0.2, 0.25) is 0 Å². The molecule has 0 radical (unpaired) electrons. The molecule has 0 amide bonds. The third kappa shape index (κ3) is 1.57. The molecule has 7 aliphatic carbocycles. The van der Waals surface area contributed by atoms with Gasteiger partial charge >= 0.3 is 0 Å². The lowest BCUT2D eigenvalue weighted by molar-refractivity contribution is 0.314. The predicted molar refractivity (Wildman–Crippen MR) is 105 cm³/mol. The third-order valence-electron chi connectivity index (χ3n) is 8.39. The summed E-state index contributed by atoms with van der Waals surface area (Å²) in [6, 6.07) is 0.146. The smallest absolute Gasteiger partial charge is 0.0351 e. The Hall–Kier alpha value is -2.20. The molecule has 4 nitrogen and oxygen atoms in total. The molecule has 7 unspecified atom stereocenters. The van der Waals surface area contributed by atoms with Crippen molar-refractivity contribution in [1.29, 1.82) is 0 Å². The summed E-state index contributed by atoms with van der Waals surface area (Å²) in [6.07, 6.45) is 12.7. The fourth-order valence-electron chi connectivity index (χ4n) is 7.29. The van der Waals surface area contributed by atoms with Crippen LogP contribution in [0.15, 0.2) is 69.3 Å². The third-order valence-corrected chi connectivity index (χ3v) is 8.39. The van der Waals surface area contributed by atoms with E-state index in [4.69, 9.17) is 22.9 Å². The maximum Gasteiger partial charge on any atom is 0.0351 e. The second kappa shape index (κ2) is 4.44. The van der Waals surface area contributed by atoms with Crippen molar-refractivity contribution in [2.24, 2.45) is 64.4 Å². The molecule has 0 saturated heterocycles. The molecule has 2 saturated carbocycles. The maximum absolute atomic E-state index is 6.75. The van der Waals surface area contributed by atoms with Gasteiger partial charge in [0.1, 0.15) is 0 Å². The molecule has 7 atom stereocenters. The molecule has 0 bridgehead atoms. The predicted octanol–water partition coefficient (Wildman–Crippen LogP) is 1.94. The molecule has 2 fully saturated rings. The molecule has 0 heterocycles. The molecular formula is C23H26N4. The Balaban J connectivity index is 1.57. The highest BCUT2D eigenvalue weighted by molar-refractivity contribution is 5.64. The Bertz CT molecular complexity index is 999. The van der Waals surface area contributed by atoms with Crippen LogP contribution < -0.4 is 22.9 Å². The van der Waals surface area contributed by atoms with E-state index in [1.165, 1.54) is 24.0 Å². The van der Waals surface area contributed by atoms with Crippen molar-refractivity contribution in [1.82, 2.24) is 0 Å². The van der Waals surface area contributed by atoms with E-state index in [9.17, 15) is 0 Å². The quantitative estimate of drug-likeness (QED) is 0.575. The second-order valence-electron chi connectivity index (χ2n) is 9.66. The fourth-order valence-corrected chi connectivity index (χ4v) is 7.29. The van der Waals surface area contributed by atoms with Gasteiger partial charge in [0.15, 0.2) is 0 Å². The Morgan fingerprint density at radius 1 is 0.852 bits per heavy atom. The molecule has 7 aliphatic rings. The molecule has 0 aromatic rings. The Labute approximate surface area is 159 Å². The first-order valence-corrected chi connectivity index (χ1v) is 10.4. The normalized spacial score (nSPS) is 46.0. The fraction of sp³-hybridized carbons (Fsp3) is 0.478. The van der Waals surface area contributed by atoms with Gasteiger partial charge < -0.3 is 22.9 Å². The van der Waals surface area contributed by atoms with Crippen molar-refractivity contribution in [2.75, 3.05) is 0 Å². The highest BCUT2D eigenvalue weighted by Gasteiger charge is 2.60. The van der Waals surface area contributed by atoms with Gasteiger partial charge in [0.05, 0.1) is 0 Å². The summed E-state index contributed by atoms with van der Waals surface area (Å²) in [4.78, 5) is 0. The van der Waals surface area contributed by atoms with Gasteiger partial charge in [-0.15, -0.1) is 0 Å². The summed E-state index contributed by atoms with van der Waals surface area (Å²) >= 11 is 0. The minimum Gasteiger partial charge on any atom is -0.402 e. The van der Waals surface area contributed by atoms with Crippen molar-refractivity contribution < 1.29 is 0 Å². The summed E-state index contributed by atoms with van der Waals surface area (Å²) in [7, 11) is 0. The molecule has 0 aromatic heterocycles. The van der Waals surface area contributed by atoms with Crippen LogP contribution in [0.5, 0.6) is 0 Å². The van der Waals surface area contributed by atoms with Crippen LogP contribution in [0.25, 0.3) is 0 Å². The van der Waals surface area contributed by atoms with E-state index in [2.05, 4.69) is 24.3 Å². The average Bonchev–Trinajstić information content (AvgIpc) is 3.41. The zero-order valence-electron chi connectivity index (χ0n) is 15.4. The van der Waals surface area contributed by atoms with Gasteiger partial charge in [-0.3, -0.25) is 0 Å². The molecule has 0 spiro atoms. The van der Waals surface area contributed by atoms with Crippen molar-refractivity contribution >= 4 is 0 Å². The SMILES string of the molecule is NC1=CC2C(N)CC3=C4C2C2=C1C=C(N)C1C=C(N)C(C=C3C3CC3)C4C21. The molecular weight excluding hydrogens is 332 g/mol. The monoisotopic (exact) mass is 358 g/mol. The van der Waals surface area contributed by atoms with Gasteiger partial charge in [-0.2, -0.15) is 0 Å². The van der Waals surface area contributed by atoms with Crippen molar-refractivity contribution in [2.45, 2.75) is 25.3 Å². The van der Waals surface area contributed by atoms with Crippen LogP contribution in [0.4, 0.5) is 0 Å². The summed E-state index contributed by atoms with van der Waals surface area (Å²) < 4.78 is 0. The minimum atomic E-state index is 0.146. The largest absolute Gasteiger partial charge is 0.402 e. The first kappa shape index (κ1) is 14.8. The highest BCUT2D eigenvalue weighted by atomic mass is 14.8. The van der Waals surface area contributed by atoms with Crippen LogP contribution in [0.1, 0.15) is 19.3 Å². The van der Waals surface area contributed by atoms with Crippen LogP contribution in [-0.4, -0.2) is 6.04 Å². The lowest BCUT2D eigenvalue weighted by Gasteiger charge is -2.43. The van der Waals surface area contributed by atoms with Crippen LogP contribution in [-0.2, 0) is 0 Å². The molecule has 138 valence electrons. The zero-order chi connectivity index (χ0) is 18.2. The van der Waals surface area contributed by atoms with Crippen molar-refractivity contribution in [3.8, 4) is 0 Å². The number of hydrogen-bond donors (Lipinski definition) is 4. The van der Waals surface area contributed by atoms with E-state index in [1.54, 1.807) is 16.7 Å². The topological polar surface area (TPSA) is 104 Å². The first-order chi connectivity index (χ1) is 13.0. The summed E-state index contributed by atoms with van der Waals surface area (Å²) in [6.45, 7) is 0. The van der Waals surface area contributed by atoms with Gasteiger partial charge in [0, 0.05) is 58.6 Å². The van der Waals surface area contributed by atoms with Crippen LogP contribution in [0.2, 0.25) is 0 Å². The Kier molecular flexibility index (Phi) is 2.43. The number of rotatable bonds is 1. The van der Waals surface area contributed by atoms with E-state index in [-0.39, 0.29) is 12.0 Å². The molecule has 0 aromatic carbocycles. The Morgan fingerprint density at radius 2 is 1.59 bits per heavy atom. The first-order valence-electron chi connectivity index (χ1n) is 10.4. The van der Waals surface area contributed by atoms with Gasteiger partial charge in [-0.05, 0) is 53.5 Å². The molecule has 8 N–H and O–H groups in total. The van der Waals surface area contributed by atoms with Gasteiger partial charge in [0.25, 0.3) is 0 Å². The standard InChI is InChI=1S/C23H26N4/c24-15-4-10-9(8-1-2-8)3-11-16(25)5-13-18(27)7-14-17(26)6-12(15)21-19(10)20(11)22(13)23(14)21/h3,5-8,11-13,15,20-22H,1-2,4,24-27H2. The van der Waals surface area contributed by atoms with Crippen LogP contribution >= 0.6 is 0 Å². The van der Waals surface area contributed by atoms with Crippen LogP contribution in [0, 0.1) is 41.4 Å². The maximum atomic E-state index is 6.75. The second-order valence-corrected chi connectivity index (χ2v) is 9.66. The Morgan fingerprint density at radius 3 is 2.37 bits per heavy atom. The molecule has 4 heteroatoms. The van der Waals surface area contributed by atoms with E-state index >= 15 is 0 Å². The van der Waals surface area contributed by atoms with E-state index in [1.807, 2.05) is 0 Å².